The standard InChI is InChI=1S/C15H17NO4/c1-7-8(2)19-9(3)13(7)14-16-11-5-4-10(15(17)18)6-12(11)20-14/h4-9,13H,1-3H3,(H,17,18). The average molecular weight is 275 g/mol. The minimum Gasteiger partial charge on any atom is -0.478 e. The summed E-state index contributed by atoms with van der Waals surface area (Å²) < 4.78 is 11.6. The summed E-state index contributed by atoms with van der Waals surface area (Å²) in [4.78, 5) is 15.5. The Morgan fingerprint density at radius 1 is 1.25 bits per heavy atom. The maximum Gasteiger partial charge on any atom is 0.335 e. The fraction of sp³-hybridized carbons (Fsp3) is 0.467. The molecule has 3 rings (SSSR count). The number of rotatable bonds is 2. The zero-order chi connectivity index (χ0) is 14.4. The molecule has 20 heavy (non-hydrogen) atoms. The van der Waals surface area contributed by atoms with Crippen molar-refractivity contribution in [2.24, 2.45) is 5.92 Å². The summed E-state index contributed by atoms with van der Waals surface area (Å²) in [7, 11) is 0. The number of hydrogen-bond donors (Lipinski definition) is 1. The van der Waals surface area contributed by atoms with Crippen molar-refractivity contribution in [3.8, 4) is 0 Å². The number of carbonyl (C=O) groups is 1. The molecule has 0 radical (unpaired) electrons. The van der Waals surface area contributed by atoms with E-state index >= 15 is 0 Å². The molecule has 2 aromatic rings. The lowest BCUT2D eigenvalue weighted by Gasteiger charge is -2.13. The molecule has 0 bridgehead atoms. The van der Waals surface area contributed by atoms with E-state index in [1.807, 2.05) is 13.8 Å². The maximum absolute atomic E-state index is 11.0. The molecule has 5 nitrogen and oxygen atoms in total. The number of benzene rings is 1. The van der Waals surface area contributed by atoms with E-state index in [0.717, 1.165) is 0 Å². The van der Waals surface area contributed by atoms with Gasteiger partial charge in [0, 0.05) is 0 Å². The van der Waals surface area contributed by atoms with Crippen molar-refractivity contribution in [3.05, 3.63) is 29.7 Å². The van der Waals surface area contributed by atoms with Crippen LogP contribution >= 0.6 is 0 Å². The van der Waals surface area contributed by atoms with Crippen LogP contribution in [0.2, 0.25) is 0 Å². The Bertz CT molecular complexity index is 663. The van der Waals surface area contributed by atoms with Crippen molar-refractivity contribution in [3.63, 3.8) is 0 Å². The quantitative estimate of drug-likeness (QED) is 0.911. The molecule has 1 aromatic heterocycles. The summed E-state index contributed by atoms with van der Waals surface area (Å²) in [5.74, 6) is 0.0824. The summed E-state index contributed by atoms with van der Waals surface area (Å²) in [6.45, 7) is 6.19. The third-order valence-corrected chi connectivity index (χ3v) is 4.18. The van der Waals surface area contributed by atoms with Crippen molar-refractivity contribution < 1.29 is 19.1 Å². The monoisotopic (exact) mass is 275 g/mol. The number of carboxylic acids is 1. The second-order valence-electron chi connectivity index (χ2n) is 5.47. The number of nitrogens with zero attached hydrogens (tertiary/aromatic N) is 1. The minimum absolute atomic E-state index is 0.0482. The number of hydrogen-bond acceptors (Lipinski definition) is 4. The van der Waals surface area contributed by atoms with E-state index < -0.39 is 5.97 Å². The molecule has 0 aliphatic carbocycles. The van der Waals surface area contributed by atoms with Gasteiger partial charge in [-0.3, -0.25) is 0 Å². The van der Waals surface area contributed by atoms with Gasteiger partial charge in [0.1, 0.15) is 5.52 Å². The second-order valence-corrected chi connectivity index (χ2v) is 5.47. The zero-order valence-electron chi connectivity index (χ0n) is 11.7. The number of fused-ring (bicyclic) bond motifs is 1. The summed E-state index contributed by atoms with van der Waals surface area (Å²) in [5, 5.41) is 9.00. The lowest BCUT2D eigenvalue weighted by atomic mass is 9.89. The van der Waals surface area contributed by atoms with Gasteiger partial charge < -0.3 is 14.3 Å². The highest BCUT2D eigenvalue weighted by molar-refractivity contribution is 5.91. The second kappa shape index (κ2) is 4.59. The molecule has 4 atom stereocenters. The van der Waals surface area contributed by atoms with Crippen LogP contribution in [-0.4, -0.2) is 28.3 Å². The van der Waals surface area contributed by atoms with Gasteiger partial charge in [-0.2, -0.15) is 0 Å². The Morgan fingerprint density at radius 3 is 2.60 bits per heavy atom. The molecular weight excluding hydrogens is 258 g/mol. The Morgan fingerprint density at radius 2 is 2.00 bits per heavy atom. The van der Waals surface area contributed by atoms with Gasteiger partial charge in [0.25, 0.3) is 0 Å². The van der Waals surface area contributed by atoms with Gasteiger partial charge in [0.15, 0.2) is 5.58 Å². The van der Waals surface area contributed by atoms with E-state index in [9.17, 15) is 4.79 Å². The third kappa shape index (κ3) is 1.98. The molecule has 5 heteroatoms. The smallest absolute Gasteiger partial charge is 0.335 e. The lowest BCUT2D eigenvalue weighted by molar-refractivity contribution is 0.0545. The van der Waals surface area contributed by atoms with Crippen LogP contribution in [0.15, 0.2) is 22.6 Å². The molecule has 1 aliphatic heterocycles. The maximum atomic E-state index is 11.0. The lowest BCUT2D eigenvalue weighted by Crippen LogP contribution is -2.15. The third-order valence-electron chi connectivity index (χ3n) is 4.18. The molecular formula is C15H17NO4. The van der Waals surface area contributed by atoms with Crippen molar-refractivity contribution in [1.82, 2.24) is 4.98 Å². The first-order chi connectivity index (χ1) is 9.47. The molecule has 1 N–H and O–H groups in total. The topological polar surface area (TPSA) is 72.6 Å². The largest absolute Gasteiger partial charge is 0.478 e. The molecule has 106 valence electrons. The van der Waals surface area contributed by atoms with E-state index in [1.165, 1.54) is 12.1 Å². The van der Waals surface area contributed by atoms with Gasteiger partial charge in [0.05, 0.1) is 23.7 Å². The summed E-state index contributed by atoms with van der Waals surface area (Å²) in [6.07, 6.45) is 0.214. The van der Waals surface area contributed by atoms with Crippen LogP contribution in [0.5, 0.6) is 0 Å². The summed E-state index contributed by atoms with van der Waals surface area (Å²) >= 11 is 0. The van der Waals surface area contributed by atoms with Crippen LogP contribution in [0, 0.1) is 5.92 Å². The molecule has 1 aliphatic rings. The fourth-order valence-electron chi connectivity index (χ4n) is 2.91. The predicted molar refractivity (Wildman–Crippen MR) is 72.9 cm³/mol. The molecule has 0 spiro atoms. The first-order valence-electron chi connectivity index (χ1n) is 6.76. The van der Waals surface area contributed by atoms with Gasteiger partial charge in [-0.1, -0.05) is 6.92 Å². The van der Waals surface area contributed by atoms with Crippen LogP contribution in [-0.2, 0) is 4.74 Å². The number of ether oxygens (including phenoxy) is 1. The van der Waals surface area contributed by atoms with Crippen LogP contribution in [0.3, 0.4) is 0 Å². The van der Waals surface area contributed by atoms with Crippen LogP contribution in [0.25, 0.3) is 11.1 Å². The molecule has 4 unspecified atom stereocenters. The van der Waals surface area contributed by atoms with Crippen LogP contribution < -0.4 is 0 Å². The first-order valence-corrected chi connectivity index (χ1v) is 6.76. The fourth-order valence-corrected chi connectivity index (χ4v) is 2.91. The predicted octanol–water partition coefficient (Wildman–Crippen LogP) is 3.05. The minimum atomic E-state index is -0.968. The van der Waals surface area contributed by atoms with Gasteiger partial charge in [-0.25, -0.2) is 9.78 Å². The Hall–Kier alpha value is -1.88. The van der Waals surface area contributed by atoms with Crippen LogP contribution in [0.4, 0.5) is 0 Å². The van der Waals surface area contributed by atoms with Gasteiger partial charge >= 0.3 is 5.97 Å². The highest BCUT2D eigenvalue weighted by Crippen LogP contribution is 2.40. The van der Waals surface area contributed by atoms with E-state index in [1.54, 1.807) is 6.07 Å². The molecule has 2 heterocycles. The highest BCUT2D eigenvalue weighted by atomic mass is 16.5. The van der Waals surface area contributed by atoms with Crippen molar-refractivity contribution in [1.29, 1.82) is 0 Å². The van der Waals surface area contributed by atoms with Crippen molar-refractivity contribution in [2.45, 2.75) is 38.9 Å². The van der Waals surface area contributed by atoms with E-state index in [4.69, 9.17) is 14.3 Å². The van der Waals surface area contributed by atoms with Gasteiger partial charge in [0.2, 0.25) is 5.89 Å². The molecule has 0 saturated carbocycles. The molecule has 1 fully saturated rings. The number of aromatic nitrogens is 1. The zero-order valence-corrected chi connectivity index (χ0v) is 11.7. The summed E-state index contributed by atoms with van der Waals surface area (Å²) in [6, 6.07) is 4.74. The van der Waals surface area contributed by atoms with Gasteiger partial charge in [-0.15, -0.1) is 0 Å². The average Bonchev–Trinajstić information content (AvgIpc) is 2.90. The summed E-state index contributed by atoms with van der Waals surface area (Å²) in [5.41, 5.74) is 1.40. The Labute approximate surface area is 116 Å². The molecule has 1 aromatic carbocycles. The molecule has 0 amide bonds. The number of carboxylic acid groups (broad SMARTS) is 1. The Balaban J connectivity index is 2.03. The van der Waals surface area contributed by atoms with Crippen LogP contribution in [0.1, 0.15) is 42.9 Å². The van der Waals surface area contributed by atoms with E-state index in [-0.39, 0.29) is 23.7 Å². The molecule has 1 saturated heterocycles. The van der Waals surface area contributed by atoms with Gasteiger partial charge in [-0.05, 0) is 38.0 Å². The van der Waals surface area contributed by atoms with E-state index in [2.05, 4.69) is 11.9 Å². The van der Waals surface area contributed by atoms with E-state index in [0.29, 0.717) is 22.9 Å². The number of oxazole rings is 1. The SMILES string of the molecule is CC1OC(C)C(c2nc3ccc(C(=O)O)cc3o2)C1C. The van der Waals surface area contributed by atoms with Crippen molar-refractivity contribution >= 4 is 17.1 Å². The normalized spacial score (nSPS) is 29.9. The first kappa shape index (κ1) is 13.1. The highest BCUT2D eigenvalue weighted by Gasteiger charge is 2.40. The van der Waals surface area contributed by atoms with Crippen molar-refractivity contribution in [2.75, 3.05) is 0 Å². The number of aromatic carboxylic acids is 1. The Kier molecular flexibility index (Phi) is 3.01.